The van der Waals surface area contributed by atoms with E-state index in [1.54, 1.807) is 6.07 Å². The number of sulfonamides is 1. The van der Waals surface area contributed by atoms with Crippen molar-refractivity contribution in [1.82, 2.24) is 14.5 Å². The second-order valence-corrected chi connectivity index (χ2v) is 8.58. The number of halogens is 1. The maximum absolute atomic E-state index is 12.9. The third kappa shape index (κ3) is 3.68. The maximum atomic E-state index is 12.9. The van der Waals surface area contributed by atoms with E-state index in [9.17, 15) is 18.0 Å². The molecule has 0 bridgehead atoms. The number of fused-ring (bicyclic) bond motifs is 2. The summed E-state index contributed by atoms with van der Waals surface area (Å²) in [6.07, 6.45) is 0.916. The lowest BCUT2D eigenvalue weighted by Gasteiger charge is -2.18. The number of anilines is 1. The van der Waals surface area contributed by atoms with Gasteiger partial charge in [-0.25, -0.2) is 8.42 Å². The normalized spacial score (nSPS) is 13.6. The molecule has 4 rings (SSSR count). The first-order valence-electron chi connectivity index (χ1n) is 8.83. The van der Waals surface area contributed by atoms with Gasteiger partial charge >= 0.3 is 11.1 Å². The summed E-state index contributed by atoms with van der Waals surface area (Å²) in [7, 11) is -0.921. The third-order valence-electron chi connectivity index (χ3n) is 5.12. The molecular formula is C19H21ClN4O4S. The maximum Gasteiger partial charge on any atom is 0.316 e. The first-order chi connectivity index (χ1) is 13.3. The second-order valence-electron chi connectivity index (χ2n) is 6.89. The lowest BCUT2D eigenvalue weighted by molar-refractivity contribution is 0.601. The van der Waals surface area contributed by atoms with Crippen molar-refractivity contribution in [3.63, 3.8) is 0 Å². The van der Waals surface area contributed by atoms with E-state index in [-0.39, 0.29) is 17.3 Å². The van der Waals surface area contributed by atoms with E-state index in [0.717, 1.165) is 18.5 Å². The highest BCUT2D eigenvalue weighted by Crippen LogP contribution is 2.23. The minimum atomic E-state index is -3.86. The van der Waals surface area contributed by atoms with Crippen molar-refractivity contribution in [2.75, 3.05) is 11.3 Å². The quantitative estimate of drug-likeness (QED) is 0.599. The lowest BCUT2D eigenvalue weighted by atomic mass is 10.0. The monoisotopic (exact) mass is 436 g/mol. The minimum Gasteiger partial charge on any atom is -0.312 e. The van der Waals surface area contributed by atoms with Gasteiger partial charge in [-0.2, -0.15) is 0 Å². The average Bonchev–Trinajstić information content (AvgIpc) is 2.69. The fraction of sp³-hybridized carbons (Fsp3) is 0.263. The van der Waals surface area contributed by atoms with Gasteiger partial charge in [0.2, 0.25) is 0 Å². The molecule has 29 heavy (non-hydrogen) atoms. The Bertz CT molecular complexity index is 1330. The van der Waals surface area contributed by atoms with Gasteiger partial charge in [0.05, 0.1) is 15.9 Å². The molecule has 2 aromatic carbocycles. The van der Waals surface area contributed by atoms with Gasteiger partial charge in [-0.3, -0.25) is 14.3 Å². The Labute approximate surface area is 173 Å². The van der Waals surface area contributed by atoms with Crippen LogP contribution in [0, 0.1) is 0 Å². The summed E-state index contributed by atoms with van der Waals surface area (Å²) in [6, 6.07) is 9.88. The molecule has 8 nitrogen and oxygen atoms in total. The molecule has 0 spiro atoms. The minimum absolute atomic E-state index is 0. The predicted molar refractivity (Wildman–Crippen MR) is 114 cm³/mol. The van der Waals surface area contributed by atoms with Crippen LogP contribution in [0.5, 0.6) is 0 Å². The molecule has 0 radical (unpaired) electrons. The SMILES string of the molecule is Cl.Cn1c(=O)c(=O)n(C)c2cc(S(=O)(=O)Nc3ccc4c(c3)CNCC4)ccc21. The number of rotatable bonds is 3. The molecule has 10 heteroatoms. The van der Waals surface area contributed by atoms with E-state index < -0.39 is 21.1 Å². The molecule has 2 N–H and O–H groups in total. The van der Waals surface area contributed by atoms with E-state index in [1.165, 1.54) is 47.0 Å². The molecule has 1 aromatic heterocycles. The molecule has 0 atom stereocenters. The van der Waals surface area contributed by atoms with Gasteiger partial charge in [0.1, 0.15) is 0 Å². The van der Waals surface area contributed by atoms with Crippen molar-refractivity contribution >= 4 is 39.2 Å². The van der Waals surface area contributed by atoms with Crippen LogP contribution in [-0.2, 0) is 37.1 Å². The van der Waals surface area contributed by atoms with E-state index >= 15 is 0 Å². The zero-order valence-corrected chi connectivity index (χ0v) is 17.6. The molecule has 0 saturated carbocycles. The second kappa shape index (κ2) is 7.66. The Balaban J connectivity index is 0.00000240. The highest BCUT2D eigenvalue weighted by Gasteiger charge is 2.18. The molecule has 0 saturated heterocycles. The van der Waals surface area contributed by atoms with Gasteiger partial charge in [0, 0.05) is 26.3 Å². The summed E-state index contributed by atoms with van der Waals surface area (Å²) in [4.78, 5) is 24.0. The Morgan fingerprint density at radius 1 is 0.931 bits per heavy atom. The molecule has 0 fully saturated rings. The van der Waals surface area contributed by atoms with E-state index in [0.29, 0.717) is 23.3 Å². The topological polar surface area (TPSA) is 102 Å². The van der Waals surface area contributed by atoms with E-state index in [1.807, 2.05) is 12.1 Å². The van der Waals surface area contributed by atoms with Crippen LogP contribution < -0.4 is 21.2 Å². The van der Waals surface area contributed by atoms with Crippen molar-refractivity contribution in [2.45, 2.75) is 17.9 Å². The zero-order chi connectivity index (χ0) is 20.1. The van der Waals surface area contributed by atoms with Crippen molar-refractivity contribution < 1.29 is 8.42 Å². The van der Waals surface area contributed by atoms with Crippen molar-refractivity contribution in [2.24, 2.45) is 14.1 Å². The van der Waals surface area contributed by atoms with Crippen LogP contribution in [0.25, 0.3) is 11.0 Å². The standard InChI is InChI=1S/C19H20N4O4S.ClH/c1-22-16-6-5-15(10-17(16)23(2)19(25)18(22)24)28(26,27)21-14-4-3-12-7-8-20-11-13(12)9-14;/h3-6,9-10,20-21H,7-8,11H2,1-2H3;1H. The zero-order valence-electron chi connectivity index (χ0n) is 15.9. The first-order valence-corrected chi connectivity index (χ1v) is 10.3. The number of aromatic nitrogens is 2. The molecule has 0 amide bonds. The Hall–Kier alpha value is -2.62. The summed E-state index contributed by atoms with van der Waals surface area (Å²) in [5, 5.41) is 3.27. The molecule has 1 aliphatic rings. The molecular weight excluding hydrogens is 416 g/mol. The van der Waals surface area contributed by atoms with Gasteiger partial charge in [-0.05, 0) is 54.4 Å². The Morgan fingerprint density at radius 3 is 2.34 bits per heavy atom. The number of hydrogen-bond acceptors (Lipinski definition) is 5. The summed E-state index contributed by atoms with van der Waals surface area (Å²) >= 11 is 0. The molecule has 0 aliphatic carbocycles. The van der Waals surface area contributed by atoms with Gasteiger partial charge in [0.25, 0.3) is 10.0 Å². The largest absolute Gasteiger partial charge is 0.316 e. The van der Waals surface area contributed by atoms with Crippen molar-refractivity contribution in [3.8, 4) is 0 Å². The highest BCUT2D eigenvalue weighted by atomic mass is 35.5. The van der Waals surface area contributed by atoms with Crippen LogP contribution in [0.4, 0.5) is 5.69 Å². The third-order valence-corrected chi connectivity index (χ3v) is 6.50. The molecule has 2 heterocycles. The van der Waals surface area contributed by atoms with Gasteiger partial charge in [-0.1, -0.05) is 6.07 Å². The van der Waals surface area contributed by atoms with Crippen LogP contribution in [0.2, 0.25) is 0 Å². The summed E-state index contributed by atoms with van der Waals surface area (Å²) in [6.45, 7) is 1.62. The number of hydrogen-bond donors (Lipinski definition) is 2. The lowest BCUT2D eigenvalue weighted by Crippen LogP contribution is -2.39. The highest BCUT2D eigenvalue weighted by molar-refractivity contribution is 7.92. The van der Waals surface area contributed by atoms with E-state index in [4.69, 9.17) is 0 Å². The summed E-state index contributed by atoms with van der Waals surface area (Å²) in [5.41, 5.74) is 2.24. The van der Waals surface area contributed by atoms with Gasteiger partial charge < -0.3 is 14.5 Å². The number of benzene rings is 2. The van der Waals surface area contributed by atoms with Crippen molar-refractivity contribution in [3.05, 3.63) is 68.2 Å². The average molecular weight is 437 g/mol. The van der Waals surface area contributed by atoms with Crippen LogP contribution in [0.3, 0.4) is 0 Å². The first kappa shape index (κ1) is 21.1. The molecule has 1 aliphatic heterocycles. The number of nitrogens with one attached hydrogen (secondary N) is 2. The fourth-order valence-electron chi connectivity index (χ4n) is 3.49. The van der Waals surface area contributed by atoms with Crippen LogP contribution in [0.1, 0.15) is 11.1 Å². The number of aryl methyl sites for hydroxylation is 2. The Kier molecular flexibility index (Phi) is 5.57. The summed E-state index contributed by atoms with van der Waals surface area (Å²) < 4.78 is 30.7. The number of nitrogens with zero attached hydrogens (tertiary/aromatic N) is 2. The van der Waals surface area contributed by atoms with Gasteiger partial charge in [-0.15, -0.1) is 12.4 Å². The molecule has 0 unspecified atom stereocenters. The van der Waals surface area contributed by atoms with Crippen LogP contribution in [0.15, 0.2) is 50.9 Å². The summed E-state index contributed by atoms with van der Waals surface area (Å²) in [5.74, 6) is 0. The Morgan fingerprint density at radius 2 is 1.62 bits per heavy atom. The van der Waals surface area contributed by atoms with Crippen molar-refractivity contribution in [1.29, 1.82) is 0 Å². The molecule has 154 valence electrons. The fourth-order valence-corrected chi connectivity index (χ4v) is 4.56. The smallest absolute Gasteiger partial charge is 0.312 e. The van der Waals surface area contributed by atoms with Gasteiger partial charge in [0.15, 0.2) is 0 Å². The predicted octanol–water partition coefficient (Wildman–Crippen LogP) is 1.11. The van der Waals surface area contributed by atoms with Crippen LogP contribution in [-0.4, -0.2) is 24.1 Å². The molecule has 3 aromatic rings. The van der Waals surface area contributed by atoms with Crippen LogP contribution >= 0.6 is 12.4 Å². The van der Waals surface area contributed by atoms with E-state index in [2.05, 4.69) is 10.0 Å².